The summed E-state index contributed by atoms with van der Waals surface area (Å²) in [6.07, 6.45) is 0. The molecular weight excluding hydrogens is 610 g/mol. The van der Waals surface area contributed by atoms with E-state index in [1.807, 2.05) is 72.8 Å². The summed E-state index contributed by atoms with van der Waals surface area (Å²) < 4.78 is 0. The first-order valence-corrected chi connectivity index (χ1v) is 15.2. The van der Waals surface area contributed by atoms with Crippen LogP contribution in [0.5, 0.6) is 0 Å². The van der Waals surface area contributed by atoms with E-state index in [-0.39, 0.29) is 0 Å². The van der Waals surface area contributed by atoms with E-state index in [0.717, 1.165) is 94.3 Å². The van der Waals surface area contributed by atoms with E-state index in [0.29, 0.717) is 20.1 Å². The first-order valence-electron chi connectivity index (χ1n) is 13.7. The van der Waals surface area contributed by atoms with Crippen LogP contribution in [0.3, 0.4) is 0 Å². The molecule has 0 unspecified atom stereocenters. The number of benzene rings is 4. The van der Waals surface area contributed by atoms with Crippen molar-refractivity contribution in [3.8, 4) is 0 Å². The van der Waals surface area contributed by atoms with Crippen LogP contribution in [0.2, 0.25) is 20.1 Å². The molecule has 0 atom stereocenters. The quantitative estimate of drug-likeness (QED) is 0.0844. The SMILES string of the molecule is Clc1ccc2c(NCCNCCNCCNc3c4ccc(Cl)cc4nc4cc(Cl)ccc34)c3ccc(Cl)cc3nc2c1. The normalized spacial score (nSPS) is 11.6. The van der Waals surface area contributed by atoms with Gasteiger partial charge < -0.3 is 21.3 Å². The zero-order valence-electron chi connectivity index (χ0n) is 22.6. The molecule has 6 aromatic rings. The molecule has 0 aliphatic rings. The van der Waals surface area contributed by atoms with Gasteiger partial charge in [-0.3, -0.25) is 0 Å². The number of nitrogens with zero attached hydrogens (tertiary/aromatic N) is 2. The molecule has 0 saturated carbocycles. The van der Waals surface area contributed by atoms with Gasteiger partial charge in [0.2, 0.25) is 0 Å². The van der Waals surface area contributed by atoms with E-state index in [2.05, 4.69) is 21.3 Å². The third kappa shape index (κ3) is 6.45. The number of fused-ring (bicyclic) bond motifs is 4. The van der Waals surface area contributed by atoms with Crippen molar-refractivity contribution < 1.29 is 0 Å². The third-order valence-corrected chi connectivity index (χ3v) is 8.02. The van der Waals surface area contributed by atoms with Gasteiger partial charge in [-0.25, -0.2) is 9.97 Å². The van der Waals surface area contributed by atoms with Crippen molar-refractivity contribution in [1.29, 1.82) is 0 Å². The minimum absolute atomic E-state index is 0.656. The van der Waals surface area contributed by atoms with Crippen molar-refractivity contribution in [3.05, 3.63) is 92.9 Å². The Bertz CT molecular complexity index is 1650. The van der Waals surface area contributed by atoms with E-state index in [1.54, 1.807) is 0 Å². The molecule has 6 rings (SSSR count). The fraction of sp³-hybridized carbons (Fsp3) is 0.188. The van der Waals surface area contributed by atoms with Crippen LogP contribution in [0.25, 0.3) is 43.6 Å². The largest absolute Gasteiger partial charge is 0.383 e. The van der Waals surface area contributed by atoms with Gasteiger partial charge in [0.1, 0.15) is 0 Å². The standard InChI is InChI=1S/C32H28Cl4N6/c33-19-1-5-23-27(15-19)41-28-16-20(34)2-6-24(28)31(23)39-13-11-37-9-10-38-12-14-40-32-25-7-3-21(35)17-29(25)42-30-18-22(36)4-8-26(30)32/h1-8,15-18,37-38H,9-14H2,(H,39,41)(H,40,42). The summed E-state index contributed by atoms with van der Waals surface area (Å²) in [5, 5.41) is 20.9. The highest BCUT2D eigenvalue weighted by molar-refractivity contribution is 6.33. The summed E-state index contributed by atoms with van der Waals surface area (Å²) >= 11 is 24.9. The maximum atomic E-state index is 6.23. The summed E-state index contributed by atoms with van der Waals surface area (Å²) in [6, 6.07) is 23.1. The second kappa shape index (κ2) is 13.0. The van der Waals surface area contributed by atoms with Crippen LogP contribution in [0.1, 0.15) is 0 Å². The van der Waals surface area contributed by atoms with E-state index < -0.39 is 0 Å². The average molecular weight is 638 g/mol. The molecule has 0 aliphatic carbocycles. The van der Waals surface area contributed by atoms with E-state index >= 15 is 0 Å². The summed E-state index contributed by atoms with van der Waals surface area (Å²) in [7, 11) is 0. The molecule has 0 amide bonds. The molecule has 4 aromatic carbocycles. The van der Waals surface area contributed by atoms with Crippen LogP contribution in [0.4, 0.5) is 11.4 Å². The molecule has 0 saturated heterocycles. The molecule has 0 fully saturated rings. The predicted octanol–water partition coefficient (Wildman–Crippen LogP) is 8.41. The number of anilines is 2. The average Bonchev–Trinajstić information content (AvgIpc) is 2.96. The Morgan fingerprint density at radius 1 is 0.405 bits per heavy atom. The van der Waals surface area contributed by atoms with Crippen LogP contribution in [0, 0.1) is 0 Å². The van der Waals surface area contributed by atoms with Gasteiger partial charge >= 0.3 is 0 Å². The van der Waals surface area contributed by atoms with Crippen LogP contribution in [-0.2, 0) is 0 Å². The summed E-state index contributed by atoms with van der Waals surface area (Å²) in [6.45, 7) is 4.85. The monoisotopic (exact) mass is 636 g/mol. The highest BCUT2D eigenvalue weighted by atomic mass is 35.5. The number of aromatic nitrogens is 2. The Morgan fingerprint density at radius 3 is 1.00 bits per heavy atom. The molecule has 2 heterocycles. The molecule has 0 bridgehead atoms. The van der Waals surface area contributed by atoms with Crippen molar-refractivity contribution >= 4 is 101 Å². The lowest BCUT2D eigenvalue weighted by Crippen LogP contribution is -2.32. The van der Waals surface area contributed by atoms with Gasteiger partial charge in [0.15, 0.2) is 0 Å². The number of hydrogen-bond acceptors (Lipinski definition) is 6. The molecule has 0 aliphatic heterocycles. The molecule has 6 nitrogen and oxygen atoms in total. The van der Waals surface area contributed by atoms with E-state index in [1.165, 1.54) is 0 Å². The molecule has 214 valence electrons. The first kappa shape index (κ1) is 29.0. The maximum absolute atomic E-state index is 6.23. The van der Waals surface area contributed by atoms with Gasteiger partial charge in [-0.15, -0.1) is 0 Å². The maximum Gasteiger partial charge on any atom is 0.0745 e. The Kier molecular flexibility index (Phi) is 9.00. The van der Waals surface area contributed by atoms with Crippen molar-refractivity contribution in [1.82, 2.24) is 20.6 Å². The number of pyridine rings is 2. The zero-order valence-corrected chi connectivity index (χ0v) is 25.6. The lowest BCUT2D eigenvalue weighted by molar-refractivity contribution is 0.627. The highest BCUT2D eigenvalue weighted by Crippen LogP contribution is 2.34. The van der Waals surface area contributed by atoms with Crippen LogP contribution >= 0.6 is 46.4 Å². The molecule has 4 N–H and O–H groups in total. The topological polar surface area (TPSA) is 73.9 Å². The zero-order chi connectivity index (χ0) is 29.1. The number of halogens is 4. The van der Waals surface area contributed by atoms with Gasteiger partial charge in [0.05, 0.1) is 33.4 Å². The van der Waals surface area contributed by atoms with Gasteiger partial charge in [-0.05, 0) is 72.8 Å². The van der Waals surface area contributed by atoms with E-state index in [4.69, 9.17) is 56.4 Å². The van der Waals surface area contributed by atoms with Crippen molar-refractivity contribution in [2.24, 2.45) is 0 Å². The van der Waals surface area contributed by atoms with Gasteiger partial charge in [-0.1, -0.05) is 46.4 Å². The number of rotatable bonds is 11. The van der Waals surface area contributed by atoms with Gasteiger partial charge in [-0.2, -0.15) is 0 Å². The Labute approximate surface area is 263 Å². The fourth-order valence-electron chi connectivity index (χ4n) is 5.14. The van der Waals surface area contributed by atoms with Crippen LogP contribution in [0.15, 0.2) is 72.8 Å². The highest BCUT2D eigenvalue weighted by Gasteiger charge is 2.11. The smallest absolute Gasteiger partial charge is 0.0745 e. The number of hydrogen-bond donors (Lipinski definition) is 4. The Balaban J connectivity index is 0.993. The molecule has 10 heteroatoms. The Hall–Kier alpha value is -3.10. The molecular formula is C32H28Cl4N6. The van der Waals surface area contributed by atoms with Crippen molar-refractivity contribution in [3.63, 3.8) is 0 Å². The summed E-state index contributed by atoms with van der Waals surface area (Å²) in [5.41, 5.74) is 5.43. The van der Waals surface area contributed by atoms with Crippen LogP contribution < -0.4 is 21.3 Å². The second-order valence-corrected chi connectivity index (χ2v) is 11.7. The van der Waals surface area contributed by atoms with E-state index in [9.17, 15) is 0 Å². The number of nitrogens with one attached hydrogen (secondary N) is 4. The Morgan fingerprint density at radius 2 is 0.690 bits per heavy atom. The third-order valence-electron chi connectivity index (χ3n) is 7.08. The minimum Gasteiger partial charge on any atom is -0.383 e. The minimum atomic E-state index is 0.656. The fourth-order valence-corrected chi connectivity index (χ4v) is 5.81. The predicted molar refractivity (Wildman–Crippen MR) is 181 cm³/mol. The summed E-state index contributed by atoms with van der Waals surface area (Å²) in [5.74, 6) is 0. The second-order valence-electron chi connectivity index (χ2n) is 9.97. The molecule has 0 spiro atoms. The van der Waals surface area contributed by atoms with Crippen LogP contribution in [-0.4, -0.2) is 49.2 Å². The summed E-state index contributed by atoms with van der Waals surface area (Å²) in [4.78, 5) is 9.52. The van der Waals surface area contributed by atoms with Gasteiger partial charge in [0.25, 0.3) is 0 Å². The lowest BCUT2D eigenvalue weighted by Gasteiger charge is -2.15. The molecule has 42 heavy (non-hydrogen) atoms. The molecule has 2 aromatic heterocycles. The van der Waals surface area contributed by atoms with Crippen molar-refractivity contribution in [2.45, 2.75) is 0 Å². The molecule has 0 radical (unpaired) electrons. The van der Waals surface area contributed by atoms with Gasteiger partial charge in [0, 0.05) is 80.9 Å². The van der Waals surface area contributed by atoms with Crippen molar-refractivity contribution in [2.75, 3.05) is 49.9 Å². The lowest BCUT2D eigenvalue weighted by atomic mass is 10.1. The first-order chi connectivity index (χ1) is 20.5.